The number of rotatable bonds is 4. The third-order valence-corrected chi connectivity index (χ3v) is 2.21. The normalized spacial score (nSPS) is 10.5. The molecule has 0 spiro atoms. The number of benzene rings is 1. The third kappa shape index (κ3) is 2.43. The van der Waals surface area contributed by atoms with Crippen LogP contribution in [0.15, 0.2) is 12.1 Å². The number of anilines is 1. The van der Waals surface area contributed by atoms with Crippen molar-refractivity contribution in [2.24, 2.45) is 5.73 Å². The molecule has 0 saturated carbocycles. The SMILES string of the molecule is CN(CCO)c1ccc(CN)c(F)c1F. The highest BCUT2D eigenvalue weighted by Crippen LogP contribution is 2.22. The lowest BCUT2D eigenvalue weighted by Gasteiger charge is -2.19. The third-order valence-electron chi connectivity index (χ3n) is 2.21. The number of hydrogen-bond donors (Lipinski definition) is 2. The second-order valence-electron chi connectivity index (χ2n) is 3.22. The van der Waals surface area contributed by atoms with Crippen LogP contribution in [-0.2, 0) is 6.54 Å². The predicted molar refractivity (Wildman–Crippen MR) is 54.6 cm³/mol. The molecule has 0 heterocycles. The van der Waals surface area contributed by atoms with Gasteiger partial charge in [0.1, 0.15) is 0 Å². The summed E-state index contributed by atoms with van der Waals surface area (Å²) in [6, 6.07) is 2.90. The molecule has 1 aromatic carbocycles. The van der Waals surface area contributed by atoms with Crippen LogP contribution in [0.4, 0.5) is 14.5 Å². The fourth-order valence-electron chi connectivity index (χ4n) is 1.30. The van der Waals surface area contributed by atoms with Gasteiger partial charge in [0.05, 0.1) is 12.3 Å². The summed E-state index contributed by atoms with van der Waals surface area (Å²) in [6.45, 7) is 0.0985. The smallest absolute Gasteiger partial charge is 0.182 e. The van der Waals surface area contributed by atoms with E-state index in [9.17, 15) is 8.78 Å². The van der Waals surface area contributed by atoms with Crippen LogP contribution in [0.1, 0.15) is 5.56 Å². The summed E-state index contributed by atoms with van der Waals surface area (Å²) in [5.74, 6) is -1.84. The highest BCUT2D eigenvalue weighted by atomic mass is 19.2. The van der Waals surface area contributed by atoms with Crippen molar-refractivity contribution in [3.63, 3.8) is 0 Å². The number of aliphatic hydroxyl groups is 1. The van der Waals surface area contributed by atoms with Crippen LogP contribution in [0, 0.1) is 11.6 Å². The second kappa shape index (κ2) is 5.04. The Labute approximate surface area is 87.1 Å². The van der Waals surface area contributed by atoms with Gasteiger partial charge in [-0.2, -0.15) is 0 Å². The lowest BCUT2D eigenvalue weighted by atomic mass is 10.1. The standard InChI is InChI=1S/C10H14F2N2O/c1-14(4-5-15)8-3-2-7(6-13)9(11)10(8)12/h2-3,15H,4-6,13H2,1H3. The van der Waals surface area contributed by atoms with Gasteiger partial charge in [-0.25, -0.2) is 8.78 Å². The van der Waals surface area contributed by atoms with Crippen LogP contribution in [-0.4, -0.2) is 25.3 Å². The molecule has 0 aromatic heterocycles. The molecule has 3 N–H and O–H groups in total. The fourth-order valence-corrected chi connectivity index (χ4v) is 1.30. The number of nitrogens with zero attached hydrogens (tertiary/aromatic N) is 1. The van der Waals surface area contributed by atoms with Crippen molar-refractivity contribution in [3.8, 4) is 0 Å². The van der Waals surface area contributed by atoms with Crippen LogP contribution < -0.4 is 10.6 Å². The maximum atomic E-state index is 13.5. The lowest BCUT2D eigenvalue weighted by molar-refractivity contribution is 0.303. The monoisotopic (exact) mass is 216 g/mol. The van der Waals surface area contributed by atoms with Gasteiger partial charge in [0, 0.05) is 25.7 Å². The molecule has 5 heteroatoms. The Hall–Kier alpha value is -1.20. The highest BCUT2D eigenvalue weighted by molar-refractivity contribution is 5.49. The van der Waals surface area contributed by atoms with Crippen LogP contribution in [0.25, 0.3) is 0 Å². The average molecular weight is 216 g/mol. The molecule has 1 rings (SSSR count). The molecular weight excluding hydrogens is 202 g/mol. The molecule has 84 valence electrons. The minimum atomic E-state index is -0.922. The first-order valence-electron chi connectivity index (χ1n) is 4.60. The number of nitrogens with two attached hydrogens (primary N) is 1. The zero-order valence-corrected chi connectivity index (χ0v) is 8.50. The van der Waals surface area contributed by atoms with Crippen molar-refractivity contribution in [1.29, 1.82) is 0 Å². The van der Waals surface area contributed by atoms with Crippen molar-refractivity contribution in [3.05, 3.63) is 29.3 Å². The van der Waals surface area contributed by atoms with Crippen LogP contribution >= 0.6 is 0 Å². The van der Waals surface area contributed by atoms with Gasteiger partial charge in [-0.05, 0) is 6.07 Å². The molecule has 0 aliphatic rings. The number of aliphatic hydroxyl groups excluding tert-OH is 1. The first kappa shape index (κ1) is 11.9. The summed E-state index contributed by atoms with van der Waals surface area (Å²) in [7, 11) is 1.58. The maximum Gasteiger partial charge on any atom is 0.182 e. The molecule has 15 heavy (non-hydrogen) atoms. The van der Waals surface area contributed by atoms with Gasteiger partial charge in [0.2, 0.25) is 0 Å². The topological polar surface area (TPSA) is 49.5 Å². The number of hydrogen-bond acceptors (Lipinski definition) is 3. The summed E-state index contributed by atoms with van der Waals surface area (Å²) >= 11 is 0. The Balaban J connectivity index is 3.06. The largest absolute Gasteiger partial charge is 0.395 e. The minimum absolute atomic E-state index is 0.0350. The molecule has 0 bridgehead atoms. The van der Waals surface area contributed by atoms with Gasteiger partial charge in [0.15, 0.2) is 11.6 Å². The molecule has 0 radical (unpaired) electrons. The fraction of sp³-hybridized carbons (Fsp3) is 0.400. The molecule has 0 aliphatic heterocycles. The Kier molecular flexibility index (Phi) is 3.99. The molecule has 0 atom stereocenters. The molecular formula is C10H14F2N2O. The van der Waals surface area contributed by atoms with Gasteiger partial charge in [0.25, 0.3) is 0 Å². The van der Waals surface area contributed by atoms with Crippen molar-refractivity contribution in [2.75, 3.05) is 25.1 Å². The molecule has 0 amide bonds. The van der Waals surface area contributed by atoms with Crippen LogP contribution in [0.3, 0.4) is 0 Å². The van der Waals surface area contributed by atoms with Gasteiger partial charge in [-0.1, -0.05) is 6.07 Å². The number of halogens is 2. The molecule has 1 aromatic rings. The average Bonchev–Trinajstić information content (AvgIpc) is 2.22. The van der Waals surface area contributed by atoms with Crippen molar-refractivity contribution < 1.29 is 13.9 Å². The van der Waals surface area contributed by atoms with E-state index in [0.29, 0.717) is 0 Å². The van der Waals surface area contributed by atoms with E-state index in [0.717, 1.165) is 0 Å². The second-order valence-corrected chi connectivity index (χ2v) is 3.22. The first-order chi connectivity index (χ1) is 7.11. The van der Waals surface area contributed by atoms with Crippen LogP contribution in [0.2, 0.25) is 0 Å². The van der Waals surface area contributed by atoms with E-state index in [4.69, 9.17) is 10.8 Å². The molecule has 3 nitrogen and oxygen atoms in total. The van der Waals surface area contributed by atoms with E-state index in [1.165, 1.54) is 17.0 Å². The summed E-state index contributed by atoms with van der Waals surface area (Å²) in [4.78, 5) is 1.44. The van der Waals surface area contributed by atoms with Crippen molar-refractivity contribution in [2.45, 2.75) is 6.54 Å². The Morgan fingerprint density at radius 2 is 2.00 bits per heavy atom. The summed E-state index contributed by atoms with van der Waals surface area (Å²) in [5.41, 5.74) is 5.51. The predicted octanol–water partition coefficient (Wildman–Crippen LogP) is 0.852. The first-order valence-corrected chi connectivity index (χ1v) is 4.60. The van der Waals surface area contributed by atoms with Crippen molar-refractivity contribution >= 4 is 5.69 Å². The Bertz CT molecular complexity index is 344. The van der Waals surface area contributed by atoms with E-state index in [2.05, 4.69) is 0 Å². The summed E-state index contributed by atoms with van der Waals surface area (Å²) in [5, 5.41) is 8.68. The van der Waals surface area contributed by atoms with E-state index in [1.807, 2.05) is 0 Å². The maximum absolute atomic E-state index is 13.5. The molecule has 0 aliphatic carbocycles. The lowest BCUT2D eigenvalue weighted by Crippen LogP contribution is -2.23. The van der Waals surface area contributed by atoms with E-state index in [-0.39, 0.29) is 30.9 Å². The summed E-state index contributed by atoms with van der Waals surface area (Å²) < 4.78 is 26.8. The minimum Gasteiger partial charge on any atom is -0.395 e. The van der Waals surface area contributed by atoms with Gasteiger partial charge in [-0.3, -0.25) is 0 Å². The number of likely N-dealkylation sites (N-methyl/N-ethyl adjacent to an activating group) is 1. The van der Waals surface area contributed by atoms with Gasteiger partial charge < -0.3 is 15.7 Å². The van der Waals surface area contributed by atoms with E-state index in [1.54, 1.807) is 7.05 Å². The highest BCUT2D eigenvalue weighted by Gasteiger charge is 2.14. The quantitative estimate of drug-likeness (QED) is 0.784. The van der Waals surface area contributed by atoms with Gasteiger partial charge >= 0.3 is 0 Å². The zero-order valence-electron chi connectivity index (χ0n) is 8.50. The van der Waals surface area contributed by atoms with Crippen LogP contribution in [0.5, 0.6) is 0 Å². The Morgan fingerprint density at radius 3 is 2.53 bits per heavy atom. The molecule has 0 unspecified atom stereocenters. The van der Waals surface area contributed by atoms with Crippen molar-refractivity contribution in [1.82, 2.24) is 0 Å². The van der Waals surface area contributed by atoms with E-state index < -0.39 is 11.6 Å². The molecule has 0 fully saturated rings. The van der Waals surface area contributed by atoms with E-state index >= 15 is 0 Å². The molecule has 0 saturated heterocycles. The zero-order chi connectivity index (χ0) is 11.4. The van der Waals surface area contributed by atoms with Gasteiger partial charge in [-0.15, -0.1) is 0 Å². The Morgan fingerprint density at radius 1 is 1.33 bits per heavy atom. The summed E-state index contributed by atoms with van der Waals surface area (Å²) in [6.07, 6.45) is 0.